The fraction of sp³-hybridized carbons (Fsp3) is 0. The van der Waals surface area contributed by atoms with E-state index in [4.69, 9.17) is 0 Å². The molecule has 0 radical (unpaired) electrons. The van der Waals surface area contributed by atoms with Crippen LogP contribution in [-0.4, -0.2) is 43.8 Å². The molecule has 254 valence electrons. The molecule has 7 rings (SSSR count). The molecule has 14 heteroatoms. The summed E-state index contributed by atoms with van der Waals surface area (Å²) in [5, 5.41) is 32.9. The number of benzene rings is 5. The lowest BCUT2D eigenvalue weighted by Crippen LogP contribution is -2.15. The van der Waals surface area contributed by atoms with Gasteiger partial charge in [0.15, 0.2) is 0 Å². The summed E-state index contributed by atoms with van der Waals surface area (Å²) in [6, 6.07) is 44.7. The second-order valence-corrected chi connectivity index (χ2v) is 12.7. The lowest BCUT2D eigenvalue weighted by atomic mass is 10.1. The topological polar surface area (TPSA) is 143 Å². The van der Waals surface area contributed by atoms with E-state index in [1.54, 1.807) is 21.8 Å². The van der Waals surface area contributed by atoms with Gasteiger partial charge in [-0.3, -0.25) is 9.59 Å². The molecule has 2 N–H and O–H groups in total. The molecule has 0 aliphatic heterocycles. The Bertz CT molecular complexity index is 2330. The number of para-hydroxylation sites is 4. The van der Waals surface area contributed by atoms with Crippen LogP contribution in [0.4, 0.5) is 11.4 Å². The van der Waals surface area contributed by atoms with Crippen LogP contribution < -0.4 is 20.2 Å². The van der Waals surface area contributed by atoms with Gasteiger partial charge in [0.2, 0.25) is 19.6 Å². The summed E-state index contributed by atoms with van der Waals surface area (Å²) >= 11 is 2.24. The number of amides is 2. The zero-order chi connectivity index (χ0) is 35.5. The van der Waals surface area contributed by atoms with Crippen LogP contribution >= 0.6 is 22.7 Å². The van der Waals surface area contributed by atoms with Crippen LogP contribution in [0.1, 0.15) is 30.7 Å². The number of hydrogen-bond donors (Lipinski definition) is 2. The molecule has 12 nitrogen and oxygen atoms in total. The van der Waals surface area contributed by atoms with Crippen molar-refractivity contribution in [2.75, 3.05) is 10.6 Å². The second kappa shape index (κ2) is 16.2. The Labute approximate surface area is 305 Å². The average Bonchev–Trinajstić information content (AvgIpc) is 3.82. The maximum absolute atomic E-state index is 13.1. The summed E-state index contributed by atoms with van der Waals surface area (Å²) in [6.07, 6.45) is 3.20. The molecule has 0 unspecified atom stereocenters. The van der Waals surface area contributed by atoms with E-state index in [1.807, 2.05) is 146 Å². The number of carbonyl (C=O) groups is 2. The molecule has 2 heterocycles. The highest BCUT2D eigenvalue weighted by Gasteiger charge is 2.16. The Morgan fingerprint density at radius 3 is 1.23 bits per heavy atom. The highest BCUT2D eigenvalue weighted by Crippen LogP contribution is 2.13. The third kappa shape index (κ3) is 8.27. The smallest absolute Gasteiger partial charge is 0.286 e. The van der Waals surface area contributed by atoms with Gasteiger partial charge < -0.3 is 10.6 Å². The fourth-order valence-electron chi connectivity index (χ4n) is 4.79. The number of carbonyl (C=O) groups excluding carboxylic acids is 2. The van der Waals surface area contributed by atoms with Crippen molar-refractivity contribution >= 4 is 58.3 Å². The first kappa shape index (κ1) is 33.6. The highest BCUT2D eigenvalue weighted by molar-refractivity contribution is 7.11. The van der Waals surface area contributed by atoms with Gasteiger partial charge >= 0.3 is 0 Å². The number of rotatable bonds is 10. The lowest BCUT2D eigenvalue weighted by Gasteiger charge is -2.02. The number of aromatic nitrogens is 4. The van der Waals surface area contributed by atoms with Gasteiger partial charge in [0.05, 0.1) is 23.8 Å². The highest BCUT2D eigenvalue weighted by atomic mass is 32.1. The van der Waals surface area contributed by atoms with Crippen LogP contribution in [0.15, 0.2) is 166 Å². The van der Waals surface area contributed by atoms with Gasteiger partial charge in [0.25, 0.3) is 11.8 Å². The van der Waals surface area contributed by atoms with Gasteiger partial charge in [-0.25, -0.2) is 9.36 Å². The zero-order valence-electron chi connectivity index (χ0n) is 27.2. The normalized spacial score (nSPS) is 12.1. The molecule has 0 aliphatic rings. The summed E-state index contributed by atoms with van der Waals surface area (Å²) in [6.45, 7) is 0. The van der Waals surface area contributed by atoms with E-state index in [9.17, 15) is 9.59 Å². The molecule has 0 bridgehead atoms. The first-order chi connectivity index (χ1) is 25.6. The molecular weight excluding hydrogens is 693 g/mol. The van der Waals surface area contributed by atoms with Crippen molar-refractivity contribution in [2.24, 2.45) is 20.4 Å². The summed E-state index contributed by atoms with van der Waals surface area (Å²) in [5.74, 6) is -0.704. The van der Waals surface area contributed by atoms with Crippen molar-refractivity contribution in [1.82, 2.24) is 19.6 Å². The molecule has 0 atom stereocenters. The van der Waals surface area contributed by atoms with Crippen LogP contribution in [0.3, 0.4) is 0 Å². The third-order valence-corrected chi connectivity index (χ3v) is 9.04. The predicted octanol–water partition coefficient (Wildman–Crippen LogP) is 6.56. The second-order valence-electron chi connectivity index (χ2n) is 10.8. The van der Waals surface area contributed by atoms with Gasteiger partial charge in [-0.15, -0.1) is 20.4 Å². The largest absolute Gasteiger partial charge is 0.320 e. The molecule has 0 aliphatic carbocycles. The summed E-state index contributed by atoms with van der Waals surface area (Å²) < 4.78 is 3.17. The monoisotopic (exact) mass is 720 g/mol. The minimum absolute atomic E-state index is 0.229. The van der Waals surface area contributed by atoms with Gasteiger partial charge in [-0.1, -0.05) is 120 Å². The zero-order valence-corrected chi connectivity index (χ0v) is 28.9. The molecule has 0 spiro atoms. The van der Waals surface area contributed by atoms with E-state index in [-0.39, 0.29) is 21.8 Å². The van der Waals surface area contributed by atoms with Crippen LogP contribution in [0.5, 0.6) is 0 Å². The maximum Gasteiger partial charge on any atom is 0.286 e. The van der Waals surface area contributed by atoms with E-state index in [2.05, 4.69) is 41.2 Å². The Balaban J connectivity index is 1.17. The molecule has 0 saturated carbocycles. The van der Waals surface area contributed by atoms with E-state index in [1.165, 1.54) is 0 Å². The van der Waals surface area contributed by atoms with Crippen molar-refractivity contribution in [3.63, 3.8) is 0 Å². The number of nitrogens with zero attached hydrogens (tertiary/aromatic N) is 8. The maximum atomic E-state index is 13.1. The minimum Gasteiger partial charge on any atom is -0.320 e. The summed E-state index contributed by atoms with van der Waals surface area (Å²) in [7, 11) is 0. The van der Waals surface area contributed by atoms with Crippen molar-refractivity contribution < 1.29 is 9.59 Å². The van der Waals surface area contributed by atoms with Crippen molar-refractivity contribution in [3.05, 3.63) is 176 Å². The molecule has 0 saturated heterocycles. The molecule has 2 aromatic heterocycles. The van der Waals surface area contributed by atoms with E-state index in [0.29, 0.717) is 21.0 Å². The molecule has 52 heavy (non-hydrogen) atoms. The van der Waals surface area contributed by atoms with Crippen molar-refractivity contribution in [2.45, 2.75) is 0 Å². The van der Waals surface area contributed by atoms with Crippen LogP contribution in [0.2, 0.25) is 0 Å². The number of nitrogens with one attached hydrogen (secondary N) is 2. The molecule has 2 amide bonds. The molecule has 7 aromatic rings. The van der Waals surface area contributed by atoms with E-state index < -0.39 is 0 Å². The number of anilines is 2. The Kier molecular flexibility index (Phi) is 10.5. The first-order valence-corrected chi connectivity index (χ1v) is 17.5. The minimum atomic E-state index is -0.352. The molecule has 0 fully saturated rings. The predicted molar refractivity (Wildman–Crippen MR) is 204 cm³/mol. The van der Waals surface area contributed by atoms with Gasteiger partial charge in [-0.2, -0.15) is 10.2 Å². The standard InChI is InChI=1S/C38H28N10O2S2/c49-33(41-29-17-5-1-6-18-29)35-45-47(31-21-9-3-10-22-31)37(51-35)43-39-25-27-15-13-14-16-28(27)26-40-44-38-48(32-23-11-4-12-24-32)46-36(52-38)34(50)42-30-19-7-2-8-20-30/h1-26H,(H,41,49)(H,42,50)/b39-25+,40-26+,43-37-,44-38+. The number of hydrogen-bond acceptors (Lipinski definition) is 10. The van der Waals surface area contributed by atoms with Gasteiger partial charge in [0.1, 0.15) is 0 Å². The molecule has 5 aromatic carbocycles. The summed E-state index contributed by atoms with van der Waals surface area (Å²) in [4.78, 5) is 26.9. The third-order valence-electron chi connectivity index (χ3n) is 7.25. The van der Waals surface area contributed by atoms with Gasteiger partial charge in [-0.05, 0) is 48.5 Å². The molecular formula is C38H28N10O2S2. The average molecular weight is 721 g/mol. The van der Waals surface area contributed by atoms with Crippen LogP contribution in [-0.2, 0) is 0 Å². The van der Waals surface area contributed by atoms with Gasteiger partial charge in [0, 0.05) is 22.5 Å². The Morgan fingerprint density at radius 2 is 0.846 bits per heavy atom. The lowest BCUT2D eigenvalue weighted by molar-refractivity contribution is 0.101. The fourth-order valence-corrected chi connectivity index (χ4v) is 6.31. The van der Waals surface area contributed by atoms with E-state index >= 15 is 0 Å². The summed E-state index contributed by atoms with van der Waals surface area (Å²) in [5.41, 5.74) is 4.25. The SMILES string of the molecule is O=C(Nc1ccccc1)c1nn(-c2ccccc2)/c(=N/N=C/c2ccccc2/C=N/N=c2/sc(C(=O)Nc3ccccc3)nn2-c2ccccc2)s1. The van der Waals surface area contributed by atoms with Crippen molar-refractivity contribution in [1.29, 1.82) is 0 Å². The van der Waals surface area contributed by atoms with Crippen LogP contribution in [0.25, 0.3) is 11.4 Å². The van der Waals surface area contributed by atoms with Crippen LogP contribution in [0, 0.1) is 0 Å². The first-order valence-electron chi connectivity index (χ1n) is 15.9. The van der Waals surface area contributed by atoms with Crippen molar-refractivity contribution in [3.8, 4) is 11.4 Å². The quantitative estimate of drug-likeness (QED) is 0.122. The Hall–Kier alpha value is -6.90. The Morgan fingerprint density at radius 1 is 0.500 bits per heavy atom. The van der Waals surface area contributed by atoms with E-state index in [0.717, 1.165) is 45.2 Å².